The molecular weight excluding hydrogens is 278 g/mol. The second-order valence-electron chi connectivity index (χ2n) is 5.26. The number of piperidine rings is 3. The topological polar surface area (TPSA) is 23.5 Å². The predicted molar refractivity (Wildman–Crippen MR) is 71.9 cm³/mol. The summed E-state index contributed by atoms with van der Waals surface area (Å²) in [6, 6.07) is 8.81. The Morgan fingerprint density at radius 3 is 2.41 bits per heavy atom. The Morgan fingerprint density at radius 2 is 1.82 bits per heavy atom. The van der Waals surface area contributed by atoms with Gasteiger partial charge >= 0.3 is 0 Å². The van der Waals surface area contributed by atoms with Crippen LogP contribution in [0.5, 0.6) is 0 Å². The zero-order chi connectivity index (χ0) is 11.8. The molecule has 2 bridgehead atoms. The Balaban J connectivity index is 1.74. The number of fused-ring (bicyclic) bond motifs is 3. The van der Waals surface area contributed by atoms with E-state index in [1.165, 1.54) is 31.5 Å². The SMILES string of the molecule is OC1C2CCN(CC2)C1Cc1ccc(Br)cc1. The van der Waals surface area contributed by atoms with Gasteiger partial charge in [0.15, 0.2) is 0 Å². The van der Waals surface area contributed by atoms with Gasteiger partial charge < -0.3 is 5.11 Å². The van der Waals surface area contributed by atoms with Crippen LogP contribution in [0.3, 0.4) is 0 Å². The van der Waals surface area contributed by atoms with Crippen molar-refractivity contribution < 1.29 is 5.11 Å². The van der Waals surface area contributed by atoms with E-state index >= 15 is 0 Å². The molecule has 1 aromatic rings. The normalized spacial score (nSPS) is 36.1. The van der Waals surface area contributed by atoms with Crippen LogP contribution in [-0.2, 0) is 6.42 Å². The Morgan fingerprint density at radius 1 is 1.18 bits per heavy atom. The van der Waals surface area contributed by atoms with Crippen LogP contribution in [0.4, 0.5) is 0 Å². The van der Waals surface area contributed by atoms with E-state index in [0.717, 1.165) is 10.9 Å². The van der Waals surface area contributed by atoms with Crippen molar-refractivity contribution in [1.29, 1.82) is 0 Å². The Kier molecular flexibility index (Phi) is 3.24. The average Bonchev–Trinajstić information content (AvgIpc) is 2.37. The van der Waals surface area contributed by atoms with E-state index < -0.39 is 0 Å². The smallest absolute Gasteiger partial charge is 0.0727 e. The molecule has 0 amide bonds. The summed E-state index contributed by atoms with van der Waals surface area (Å²) in [4.78, 5) is 2.46. The van der Waals surface area contributed by atoms with Crippen LogP contribution in [0.25, 0.3) is 0 Å². The van der Waals surface area contributed by atoms with E-state index in [4.69, 9.17) is 0 Å². The lowest BCUT2D eigenvalue weighted by Gasteiger charge is -2.49. The first-order valence-corrected chi connectivity index (χ1v) is 7.20. The summed E-state index contributed by atoms with van der Waals surface area (Å²) in [7, 11) is 0. The van der Waals surface area contributed by atoms with Gasteiger partial charge in [0, 0.05) is 10.5 Å². The zero-order valence-electron chi connectivity index (χ0n) is 9.85. The first kappa shape index (κ1) is 11.7. The molecule has 0 aliphatic carbocycles. The van der Waals surface area contributed by atoms with Gasteiger partial charge in [0.25, 0.3) is 0 Å². The van der Waals surface area contributed by atoms with Crippen LogP contribution in [0.2, 0.25) is 0 Å². The second-order valence-corrected chi connectivity index (χ2v) is 6.18. The van der Waals surface area contributed by atoms with Crippen molar-refractivity contribution in [3.63, 3.8) is 0 Å². The maximum atomic E-state index is 10.3. The van der Waals surface area contributed by atoms with E-state index in [9.17, 15) is 5.11 Å². The van der Waals surface area contributed by atoms with Crippen LogP contribution in [-0.4, -0.2) is 35.2 Å². The summed E-state index contributed by atoms with van der Waals surface area (Å²) in [5.74, 6) is 0.542. The first-order valence-electron chi connectivity index (χ1n) is 6.40. The molecule has 4 rings (SSSR count). The highest BCUT2D eigenvalue weighted by molar-refractivity contribution is 9.10. The van der Waals surface area contributed by atoms with Gasteiger partial charge in [-0.2, -0.15) is 0 Å². The minimum Gasteiger partial charge on any atom is -0.391 e. The van der Waals surface area contributed by atoms with E-state index in [1.54, 1.807) is 0 Å². The number of rotatable bonds is 2. The lowest BCUT2D eigenvalue weighted by Crippen LogP contribution is -2.58. The summed E-state index contributed by atoms with van der Waals surface area (Å²) >= 11 is 3.46. The van der Waals surface area contributed by atoms with Gasteiger partial charge in [-0.3, -0.25) is 4.90 Å². The van der Waals surface area contributed by atoms with Crippen LogP contribution >= 0.6 is 15.9 Å². The highest BCUT2D eigenvalue weighted by atomic mass is 79.9. The summed E-state index contributed by atoms with van der Waals surface area (Å²) in [5, 5.41) is 10.3. The van der Waals surface area contributed by atoms with Gasteiger partial charge in [-0.25, -0.2) is 0 Å². The summed E-state index contributed by atoms with van der Waals surface area (Å²) in [6.45, 7) is 2.34. The lowest BCUT2D eigenvalue weighted by atomic mass is 9.78. The molecule has 3 heteroatoms. The zero-order valence-corrected chi connectivity index (χ0v) is 11.4. The van der Waals surface area contributed by atoms with E-state index in [-0.39, 0.29) is 6.10 Å². The third-order valence-electron chi connectivity index (χ3n) is 4.28. The van der Waals surface area contributed by atoms with Crippen molar-refractivity contribution in [3.05, 3.63) is 34.3 Å². The quantitative estimate of drug-likeness (QED) is 0.906. The maximum Gasteiger partial charge on any atom is 0.0727 e. The van der Waals surface area contributed by atoms with Crippen molar-refractivity contribution in [2.75, 3.05) is 13.1 Å². The third kappa shape index (κ3) is 2.28. The molecular formula is C14H18BrNO. The summed E-state index contributed by atoms with van der Waals surface area (Å²) in [5.41, 5.74) is 1.32. The number of hydrogen-bond acceptors (Lipinski definition) is 2. The van der Waals surface area contributed by atoms with Crippen molar-refractivity contribution in [1.82, 2.24) is 4.90 Å². The molecule has 17 heavy (non-hydrogen) atoms. The largest absolute Gasteiger partial charge is 0.391 e. The molecule has 0 saturated carbocycles. The number of nitrogens with zero attached hydrogens (tertiary/aromatic N) is 1. The van der Waals surface area contributed by atoms with E-state index in [0.29, 0.717) is 12.0 Å². The fourth-order valence-electron chi connectivity index (χ4n) is 3.23. The molecule has 3 aliphatic rings. The molecule has 2 atom stereocenters. The first-order chi connectivity index (χ1) is 8.24. The maximum absolute atomic E-state index is 10.3. The van der Waals surface area contributed by atoms with Crippen LogP contribution in [0.15, 0.2) is 28.7 Å². The molecule has 1 aromatic carbocycles. The Hall–Kier alpha value is -0.380. The molecule has 3 aliphatic heterocycles. The van der Waals surface area contributed by atoms with Crippen molar-refractivity contribution in [2.45, 2.75) is 31.4 Å². The molecule has 0 aromatic heterocycles. The van der Waals surface area contributed by atoms with Crippen molar-refractivity contribution in [3.8, 4) is 0 Å². The molecule has 3 fully saturated rings. The van der Waals surface area contributed by atoms with Crippen molar-refractivity contribution in [2.24, 2.45) is 5.92 Å². The minimum atomic E-state index is -0.124. The number of halogens is 1. The number of aliphatic hydroxyl groups excluding tert-OH is 1. The summed E-state index contributed by atoms with van der Waals surface area (Å²) < 4.78 is 1.12. The van der Waals surface area contributed by atoms with Gasteiger partial charge in [0.05, 0.1) is 6.10 Å². The fourth-order valence-corrected chi connectivity index (χ4v) is 3.50. The van der Waals surface area contributed by atoms with Gasteiger partial charge in [-0.05, 0) is 56.0 Å². The van der Waals surface area contributed by atoms with E-state index in [2.05, 4.69) is 45.1 Å². The molecule has 92 valence electrons. The average molecular weight is 296 g/mol. The molecule has 1 N–H and O–H groups in total. The summed E-state index contributed by atoms with van der Waals surface area (Å²) in [6.07, 6.45) is 3.21. The third-order valence-corrected chi connectivity index (χ3v) is 4.81. The molecule has 2 nitrogen and oxygen atoms in total. The van der Waals surface area contributed by atoms with Crippen molar-refractivity contribution >= 4 is 15.9 Å². The lowest BCUT2D eigenvalue weighted by molar-refractivity contribution is -0.0715. The predicted octanol–water partition coefficient (Wildman–Crippen LogP) is 2.45. The molecule has 0 radical (unpaired) electrons. The van der Waals surface area contributed by atoms with Gasteiger partial charge in [0.2, 0.25) is 0 Å². The highest BCUT2D eigenvalue weighted by Gasteiger charge is 2.40. The van der Waals surface area contributed by atoms with E-state index in [1.807, 2.05) is 0 Å². The monoisotopic (exact) mass is 295 g/mol. The number of aliphatic hydroxyl groups is 1. The van der Waals surface area contributed by atoms with Crippen LogP contribution in [0.1, 0.15) is 18.4 Å². The Labute approximate surface area is 111 Å². The Bertz CT molecular complexity index is 382. The standard InChI is InChI=1S/C14H18BrNO/c15-12-3-1-10(2-4-12)9-13-14(17)11-5-7-16(13)8-6-11/h1-4,11,13-14,17H,5-9H2. The highest BCUT2D eigenvalue weighted by Crippen LogP contribution is 2.33. The minimum absolute atomic E-state index is 0.124. The van der Waals surface area contributed by atoms with Gasteiger partial charge in [0.1, 0.15) is 0 Å². The molecule has 2 unspecified atom stereocenters. The van der Waals surface area contributed by atoms with Gasteiger partial charge in [-0.1, -0.05) is 28.1 Å². The molecule has 0 spiro atoms. The fraction of sp³-hybridized carbons (Fsp3) is 0.571. The number of hydrogen-bond donors (Lipinski definition) is 1. The second kappa shape index (κ2) is 4.71. The molecule has 3 saturated heterocycles. The van der Waals surface area contributed by atoms with Crippen LogP contribution in [0, 0.1) is 5.92 Å². The van der Waals surface area contributed by atoms with Crippen LogP contribution < -0.4 is 0 Å². The molecule has 3 heterocycles. The van der Waals surface area contributed by atoms with Gasteiger partial charge in [-0.15, -0.1) is 0 Å². The number of benzene rings is 1.